The Labute approximate surface area is 136 Å². The van der Waals surface area contributed by atoms with Gasteiger partial charge in [-0.3, -0.25) is 4.79 Å². The number of benzene rings is 1. The van der Waals surface area contributed by atoms with Crippen molar-refractivity contribution in [2.24, 2.45) is 0 Å². The SMILES string of the molecule is CCOC(=O)CCC[n+]1ccc(-c2ccccc2)cc1.[Br-]. The van der Waals surface area contributed by atoms with Crippen molar-refractivity contribution in [2.45, 2.75) is 26.3 Å². The van der Waals surface area contributed by atoms with Crippen molar-refractivity contribution in [1.29, 1.82) is 0 Å². The molecule has 2 aromatic rings. The molecule has 0 spiro atoms. The molecule has 0 aliphatic heterocycles. The molecular formula is C17H20BrNO2. The molecule has 0 bridgehead atoms. The molecule has 0 aliphatic carbocycles. The van der Waals surface area contributed by atoms with Crippen LogP contribution in [0.1, 0.15) is 19.8 Å². The predicted molar refractivity (Wildman–Crippen MR) is 77.9 cm³/mol. The van der Waals surface area contributed by atoms with Crippen LogP contribution in [-0.2, 0) is 16.1 Å². The van der Waals surface area contributed by atoms with Crippen LogP contribution in [0.15, 0.2) is 54.9 Å². The molecule has 21 heavy (non-hydrogen) atoms. The van der Waals surface area contributed by atoms with Crippen LogP contribution < -0.4 is 21.5 Å². The Balaban J connectivity index is 0.00000220. The highest BCUT2D eigenvalue weighted by Gasteiger charge is 2.06. The van der Waals surface area contributed by atoms with Crippen molar-refractivity contribution in [3.05, 3.63) is 54.9 Å². The quantitative estimate of drug-likeness (QED) is 0.542. The van der Waals surface area contributed by atoms with Crippen LogP contribution in [0, 0.1) is 0 Å². The number of pyridine rings is 1. The van der Waals surface area contributed by atoms with E-state index in [0.717, 1.165) is 13.0 Å². The normalized spacial score (nSPS) is 9.76. The zero-order valence-corrected chi connectivity index (χ0v) is 13.8. The molecule has 0 N–H and O–H groups in total. The lowest BCUT2D eigenvalue weighted by molar-refractivity contribution is -0.697. The van der Waals surface area contributed by atoms with Gasteiger partial charge in [-0.05, 0) is 18.1 Å². The van der Waals surface area contributed by atoms with Gasteiger partial charge in [-0.25, -0.2) is 4.57 Å². The second-order valence-electron chi connectivity index (χ2n) is 4.60. The van der Waals surface area contributed by atoms with Crippen molar-refractivity contribution >= 4 is 5.97 Å². The molecule has 0 saturated heterocycles. The molecule has 1 aromatic heterocycles. The number of hydrogen-bond acceptors (Lipinski definition) is 2. The van der Waals surface area contributed by atoms with E-state index in [2.05, 4.69) is 28.8 Å². The van der Waals surface area contributed by atoms with E-state index >= 15 is 0 Å². The first kappa shape index (κ1) is 17.4. The summed E-state index contributed by atoms with van der Waals surface area (Å²) in [5, 5.41) is 0. The Kier molecular flexibility index (Phi) is 7.69. The number of aryl methyl sites for hydroxylation is 1. The van der Waals surface area contributed by atoms with E-state index in [1.807, 2.05) is 37.5 Å². The van der Waals surface area contributed by atoms with Gasteiger partial charge in [0.15, 0.2) is 12.4 Å². The molecule has 1 aromatic carbocycles. The first-order valence-corrected chi connectivity index (χ1v) is 6.99. The molecule has 0 fully saturated rings. The molecular weight excluding hydrogens is 330 g/mol. The standard InChI is InChI=1S/C17H20NO2.BrH/c1-2-20-17(19)9-6-12-18-13-10-16(11-14-18)15-7-4-3-5-8-15;/h3-5,7-8,10-11,13-14H,2,6,9,12H2,1H3;1H/q+1;/p-1. The zero-order valence-electron chi connectivity index (χ0n) is 12.2. The largest absolute Gasteiger partial charge is 1.00 e. The topological polar surface area (TPSA) is 30.2 Å². The fourth-order valence-electron chi connectivity index (χ4n) is 2.07. The van der Waals surface area contributed by atoms with Crippen LogP contribution in [-0.4, -0.2) is 12.6 Å². The van der Waals surface area contributed by atoms with Crippen LogP contribution >= 0.6 is 0 Å². The number of carbonyl (C=O) groups is 1. The van der Waals surface area contributed by atoms with Gasteiger partial charge in [-0.2, -0.15) is 0 Å². The fourth-order valence-corrected chi connectivity index (χ4v) is 2.07. The number of esters is 1. The first-order chi connectivity index (χ1) is 9.79. The van der Waals surface area contributed by atoms with E-state index in [1.165, 1.54) is 11.1 Å². The van der Waals surface area contributed by atoms with Crippen molar-refractivity contribution in [1.82, 2.24) is 0 Å². The first-order valence-electron chi connectivity index (χ1n) is 6.99. The number of halogens is 1. The molecule has 4 heteroatoms. The van der Waals surface area contributed by atoms with E-state index in [0.29, 0.717) is 13.0 Å². The number of aromatic nitrogens is 1. The second kappa shape index (κ2) is 9.29. The number of nitrogens with zero attached hydrogens (tertiary/aromatic N) is 1. The molecule has 0 radical (unpaired) electrons. The summed E-state index contributed by atoms with van der Waals surface area (Å²) in [6, 6.07) is 14.5. The molecule has 0 unspecified atom stereocenters. The van der Waals surface area contributed by atoms with Crippen LogP contribution in [0.4, 0.5) is 0 Å². The van der Waals surface area contributed by atoms with E-state index in [4.69, 9.17) is 4.74 Å². The minimum absolute atomic E-state index is 0. The number of hydrogen-bond donors (Lipinski definition) is 0. The zero-order chi connectivity index (χ0) is 14.2. The minimum Gasteiger partial charge on any atom is -1.00 e. The Bertz CT molecular complexity index is 540. The molecule has 0 saturated carbocycles. The Morgan fingerprint density at radius 2 is 1.67 bits per heavy atom. The van der Waals surface area contributed by atoms with Gasteiger partial charge in [-0.15, -0.1) is 0 Å². The molecule has 3 nitrogen and oxygen atoms in total. The Morgan fingerprint density at radius 3 is 2.29 bits per heavy atom. The summed E-state index contributed by atoms with van der Waals surface area (Å²) in [4.78, 5) is 11.2. The Hall–Kier alpha value is -1.68. The maximum Gasteiger partial charge on any atom is 0.306 e. The lowest BCUT2D eigenvalue weighted by atomic mass is 10.1. The summed E-state index contributed by atoms with van der Waals surface area (Å²) in [6.45, 7) is 3.11. The third-order valence-corrected chi connectivity index (χ3v) is 3.10. The average molecular weight is 350 g/mol. The van der Waals surface area contributed by atoms with Gasteiger partial charge in [0.05, 0.1) is 13.0 Å². The average Bonchev–Trinajstić information content (AvgIpc) is 2.49. The lowest BCUT2D eigenvalue weighted by Crippen LogP contribution is -3.00. The van der Waals surface area contributed by atoms with Gasteiger partial charge >= 0.3 is 5.97 Å². The summed E-state index contributed by atoms with van der Waals surface area (Å²) in [6.07, 6.45) is 5.37. The van der Waals surface area contributed by atoms with Gasteiger partial charge < -0.3 is 21.7 Å². The van der Waals surface area contributed by atoms with Crippen molar-refractivity contribution in [3.8, 4) is 11.1 Å². The summed E-state index contributed by atoms with van der Waals surface area (Å²) >= 11 is 0. The minimum atomic E-state index is -0.117. The highest BCUT2D eigenvalue weighted by molar-refractivity contribution is 5.69. The number of ether oxygens (including phenoxy) is 1. The van der Waals surface area contributed by atoms with Crippen LogP contribution in [0.3, 0.4) is 0 Å². The summed E-state index contributed by atoms with van der Waals surface area (Å²) in [5.41, 5.74) is 2.42. The van der Waals surface area contributed by atoms with Crippen molar-refractivity contribution in [2.75, 3.05) is 6.61 Å². The number of carbonyl (C=O) groups excluding carboxylic acids is 1. The monoisotopic (exact) mass is 349 g/mol. The fraction of sp³-hybridized carbons (Fsp3) is 0.294. The maximum absolute atomic E-state index is 11.2. The van der Waals surface area contributed by atoms with Gasteiger partial charge in [-0.1, -0.05) is 30.3 Å². The van der Waals surface area contributed by atoms with Crippen LogP contribution in [0.2, 0.25) is 0 Å². The van der Waals surface area contributed by atoms with Crippen molar-refractivity contribution in [3.63, 3.8) is 0 Å². The van der Waals surface area contributed by atoms with E-state index in [1.54, 1.807) is 0 Å². The van der Waals surface area contributed by atoms with Crippen LogP contribution in [0.25, 0.3) is 11.1 Å². The Morgan fingerprint density at radius 1 is 1.05 bits per heavy atom. The molecule has 0 atom stereocenters. The van der Waals surface area contributed by atoms with Gasteiger partial charge in [0.2, 0.25) is 0 Å². The third-order valence-electron chi connectivity index (χ3n) is 3.10. The molecule has 1 heterocycles. The maximum atomic E-state index is 11.2. The predicted octanol–water partition coefficient (Wildman–Crippen LogP) is -0.0116. The number of rotatable bonds is 6. The van der Waals surface area contributed by atoms with Gasteiger partial charge in [0, 0.05) is 18.6 Å². The third kappa shape index (κ3) is 5.68. The molecule has 0 aliphatic rings. The smallest absolute Gasteiger partial charge is 0.306 e. The highest BCUT2D eigenvalue weighted by Crippen LogP contribution is 2.16. The molecule has 112 valence electrons. The summed E-state index contributed by atoms with van der Waals surface area (Å²) in [5.74, 6) is -0.117. The van der Waals surface area contributed by atoms with Gasteiger partial charge in [0.25, 0.3) is 0 Å². The van der Waals surface area contributed by atoms with E-state index in [9.17, 15) is 4.79 Å². The van der Waals surface area contributed by atoms with Crippen molar-refractivity contribution < 1.29 is 31.1 Å². The molecule has 2 rings (SSSR count). The van der Waals surface area contributed by atoms with E-state index < -0.39 is 0 Å². The lowest BCUT2D eigenvalue weighted by Gasteiger charge is -2.02. The molecule has 0 amide bonds. The van der Waals surface area contributed by atoms with Gasteiger partial charge in [0.1, 0.15) is 6.54 Å². The summed E-state index contributed by atoms with van der Waals surface area (Å²) in [7, 11) is 0. The van der Waals surface area contributed by atoms with E-state index in [-0.39, 0.29) is 23.0 Å². The van der Waals surface area contributed by atoms with Crippen LogP contribution in [0.5, 0.6) is 0 Å². The second-order valence-corrected chi connectivity index (χ2v) is 4.60. The summed E-state index contributed by atoms with van der Waals surface area (Å²) < 4.78 is 7.00. The highest BCUT2D eigenvalue weighted by atomic mass is 79.9.